The Bertz CT molecular complexity index is 1200. The molecule has 1 saturated heterocycles. The van der Waals surface area contributed by atoms with Gasteiger partial charge in [-0.1, -0.05) is 76.3 Å². The van der Waals surface area contributed by atoms with Crippen LogP contribution in [0.15, 0.2) is 42.5 Å². The lowest BCUT2D eigenvalue weighted by atomic mass is 9.73. The molecule has 2 aromatic carbocycles. The molecule has 0 bridgehead atoms. The van der Waals surface area contributed by atoms with Gasteiger partial charge in [0.2, 0.25) is 11.8 Å². The SMILES string of the molecule is CC(C)[C@H](NC(=O)[C@@H]1CC(=O)CN1C(=O)[C@@H](CC1CCCCC1)NC(=O)c1ccc2ccccc2c1)B(O)O. The van der Waals surface area contributed by atoms with Gasteiger partial charge in [-0.15, -0.1) is 0 Å². The molecule has 0 spiro atoms. The Morgan fingerprint density at radius 2 is 1.69 bits per heavy atom. The van der Waals surface area contributed by atoms with E-state index in [4.69, 9.17) is 0 Å². The number of rotatable bonds is 9. The number of likely N-dealkylation sites (tertiary alicyclic amines) is 1. The number of benzene rings is 2. The van der Waals surface area contributed by atoms with E-state index in [9.17, 15) is 29.2 Å². The van der Waals surface area contributed by atoms with Crippen LogP contribution in [0.1, 0.15) is 69.2 Å². The third-order valence-corrected chi connectivity index (χ3v) is 7.99. The molecule has 4 N–H and O–H groups in total. The number of hydrogen-bond acceptors (Lipinski definition) is 6. The van der Waals surface area contributed by atoms with Crippen molar-refractivity contribution in [2.45, 2.75) is 76.8 Å². The summed E-state index contributed by atoms with van der Waals surface area (Å²) in [4.78, 5) is 54.1. The number of Topliss-reactive ketones (excluding diaryl/α,β-unsaturated/α-hetero) is 1. The van der Waals surface area contributed by atoms with E-state index >= 15 is 0 Å². The van der Waals surface area contributed by atoms with Crippen molar-refractivity contribution in [3.05, 3.63) is 48.0 Å². The van der Waals surface area contributed by atoms with Gasteiger partial charge in [-0.25, -0.2) is 0 Å². The standard InChI is InChI=1S/C29H38BN3O6/c1-18(2)26(30(38)39)32-28(36)25-16-23(34)17-33(25)29(37)24(14-19-8-4-3-5-9-19)31-27(35)22-13-12-20-10-6-7-11-21(20)15-22/h6-7,10-13,15,18-19,24-26,38-39H,3-5,8-9,14,16-17H2,1-2H3,(H,31,35)(H,32,36)/t24-,25+,26+/m1/s1. The molecule has 9 nitrogen and oxygen atoms in total. The number of carbonyl (C=O) groups is 4. The fourth-order valence-corrected chi connectivity index (χ4v) is 5.75. The average molecular weight is 535 g/mol. The Hall–Kier alpha value is -3.24. The Morgan fingerprint density at radius 1 is 1.00 bits per heavy atom. The minimum absolute atomic E-state index is 0.154. The van der Waals surface area contributed by atoms with Crippen molar-refractivity contribution in [2.75, 3.05) is 6.54 Å². The topological polar surface area (TPSA) is 136 Å². The second-order valence-corrected chi connectivity index (χ2v) is 11.2. The Balaban J connectivity index is 1.55. The van der Waals surface area contributed by atoms with Gasteiger partial charge in [0, 0.05) is 12.0 Å². The molecule has 39 heavy (non-hydrogen) atoms. The monoisotopic (exact) mass is 535 g/mol. The fraction of sp³-hybridized carbons (Fsp3) is 0.517. The van der Waals surface area contributed by atoms with Crippen molar-refractivity contribution >= 4 is 41.4 Å². The lowest BCUT2D eigenvalue weighted by Crippen LogP contribution is -2.57. The summed E-state index contributed by atoms with van der Waals surface area (Å²) >= 11 is 0. The largest absolute Gasteiger partial charge is 0.475 e. The summed E-state index contributed by atoms with van der Waals surface area (Å²) in [6.45, 7) is 3.24. The molecule has 2 fully saturated rings. The van der Waals surface area contributed by atoms with Gasteiger partial charge in [0.15, 0.2) is 5.78 Å². The zero-order chi connectivity index (χ0) is 28.1. The van der Waals surface area contributed by atoms with Crippen LogP contribution in [0.5, 0.6) is 0 Å². The molecule has 1 saturated carbocycles. The first-order valence-electron chi connectivity index (χ1n) is 13.9. The number of fused-ring (bicyclic) bond motifs is 1. The molecule has 3 atom stereocenters. The molecule has 0 unspecified atom stereocenters. The molecule has 10 heteroatoms. The van der Waals surface area contributed by atoms with Gasteiger partial charge in [0.1, 0.15) is 12.1 Å². The summed E-state index contributed by atoms with van der Waals surface area (Å²) in [5.74, 6) is -2.70. The fourth-order valence-electron chi connectivity index (χ4n) is 5.75. The van der Waals surface area contributed by atoms with E-state index in [0.717, 1.165) is 42.9 Å². The Labute approximate surface area is 229 Å². The predicted molar refractivity (Wildman–Crippen MR) is 148 cm³/mol. The first-order valence-corrected chi connectivity index (χ1v) is 13.9. The van der Waals surface area contributed by atoms with E-state index in [0.29, 0.717) is 12.0 Å². The highest BCUT2D eigenvalue weighted by molar-refractivity contribution is 6.43. The molecular formula is C29H38BN3O6. The first kappa shape index (κ1) is 28.8. The van der Waals surface area contributed by atoms with Crippen LogP contribution in [0.4, 0.5) is 0 Å². The van der Waals surface area contributed by atoms with E-state index in [1.165, 1.54) is 4.90 Å². The number of nitrogens with zero attached hydrogens (tertiary/aromatic N) is 1. The van der Waals surface area contributed by atoms with Gasteiger partial charge in [-0.05, 0) is 41.2 Å². The summed E-state index contributed by atoms with van der Waals surface area (Å²) in [5, 5.41) is 26.8. The molecule has 4 rings (SSSR count). The Morgan fingerprint density at radius 3 is 2.36 bits per heavy atom. The van der Waals surface area contributed by atoms with E-state index in [-0.39, 0.29) is 36.5 Å². The van der Waals surface area contributed by atoms with Crippen LogP contribution in [-0.2, 0) is 14.4 Å². The van der Waals surface area contributed by atoms with Crippen LogP contribution in [0.3, 0.4) is 0 Å². The summed E-state index contributed by atoms with van der Waals surface area (Å²) < 4.78 is 0. The molecule has 2 aliphatic rings. The quantitative estimate of drug-likeness (QED) is 0.364. The number of nitrogens with one attached hydrogen (secondary N) is 2. The molecule has 0 aromatic heterocycles. The third-order valence-electron chi connectivity index (χ3n) is 7.99. The number of hydrogen-bond donors (Lipinski definition) is 4. The minimum Gasteiger partial charge on any atom is -0.426 e. The average Bonchev–Trinajstić information content (AvgIpc) is 3.32. The van der Waals surface area contributed by atoms with E-state index < -0.39 is 37.0 Å². The van der Waals surface area contributed by atoms with Crippen LogP contribution in [-0.4, -0.2) is 70.1 Å². The van der Waals surface area contributed by atoms with E-state index in [1.807, 2.05) is 30.3 Å². The third kappa shape index (κ3) is 7.05. The van der Waals surface area contributed by atoms with Crippen LogP contribution < -0.4 is 10.6 Å². The zero-order valence-electron chi connectivity index (χ0n) is 22.6. The minimum atomic E-state index is -1.78. The highest BCUT2D eigenvalue weighted by atomic mass is 16.4. The van der Waals surface area contributed by atoms with Crippen molar-refractivity contribution in [2.24, 2.45) is 11.8 Å². The first-order chi connectivity index (χ1) is 18.6. The second-order valence-electron chi connectivity index (χ2n) is 11.2. The lowest BCUT2D eigenvalue weighted by molar-refractivity contribution is -0.140. The van der Waals surface area contributed by atoms with Crippen molar-refractivity contribution in [1.82, 2.24) is 15.5 Å². The summed E-state index contributed by atoms with van der Waals surface area (Å²) in [7, 11) is -1.78. The number of amides is 3. The zero-order valence-corrected chi connectivity index (χ0v) is 22.6. The van der Waals surface area contributed by atoms with Gasteiger partial charge in [-0.3, -0.25) is 19.2 Å². The molecular weight excluding hydrogens is 497 g/mol. The van der Waals surface area contributed by atoms with Gasteiger partial charge >= 0.3 is 7.12 Å². The van der Waals surface area contributed by atoms with Crippen LogP contribution in [0, 0.1) is 11.8 Å². The van der Waals surface area contributed by atoms with E-state index in [1.54, 1.807) is 26.0 Å². The smallest absolute Gasteiger partial charge is 0.426 e. The van der Waals surface area contributed by atoms with Crippen molar-refractivity contribution in [3.63, 3.8) is 0 Å². The Kier molecular flexibility index (Phi) is 9.40. The van der Waals surface area contributed by atoms with Gasteiger partial charge in [-0.2, -0.15) is 0 Å². The van der Waals surface area contributed by atoms with Crippen LogP contribution >= 0.6 is 0 Å². The lowest BCUT2D eigenvalue weighted by Gasteiger charge is -2.32. The maximum absolute atomic E-state index is 13.9. The van der Waals surface area contributed by atoms with Crippen molar-refractivity contribution in [1.29, 1.82) is 0 Å². The highest BCUT2D eigenvalue weighted by Crippen LogP contribution is 2.29. The molecule has 208 valence electrons. The molecule has 1 aliphatic heterocycles. The van der Waals surface area contributed by atoms with Gasteiger partial charge < -0.3 is 25.6 Å². The molecule has 3 amide bonds. The van der Waals surface area contributed by atoms with Crippen LogP contribution in [0.25, 0.3) is 10.8 Å². The van der Waals surface area contributed by atoms with Gasteiger partial charge in [0.05, 0.1) is 12.5 Å². The summed E-state index contributed by atoms with van der Waals surface area (Å²) in [5.41, 5.74) is 0.429. The molecule has 2 aromatic rings. The normalized spacial score (nSPS) is 19.7. The van der Waals surface area contributed by atoms with Crippen molar-refractivity contribution < 1.29 is 29.2 Å². The summed E-state index contributed by atoms with van der Waals surface area (Å²) in [6.07, 6.45) is 5.48. The number of ketones is 1. The summed E-state index contributed by atoms with van der Waals surface area (Å²) in [6, 6.07) is 11.1. The molecule has 1 aliphatic carbocycles. The maximum atomic E-state index is 13.9. The molecule has 1 heterocycles. The second kappa shape index (κ2) is 12.7. The van der Waals surface area contributed by atoms with Gasteiger partial charge in [0.25, 0.3) is 5.91 Å². The highest BCUT2D eigenvalue weighted by Gasteiger charge is 2.43. The number of carbonyl (C=O) groups excluding carboxylic acids is 4. The van der Waals surface area contributed by atoms with E-state index in [2.05, 4.69) is 10.6 Å². The predicted octanol–water partition coefficient (Wildman–Crippen LogP) is 2.23. The maximum Gasteiger partial charge on any atom is 0.475 e. The van der Waals surface area contributed by atoms with Crippen molar-refractivity contribution in [3.8, 4) is 0 Å². The molecule has 0 radical (unpaired) electrons. The van der Waals surface area contributed by atoms with Crippen LogP contribution in [0.2, 0.25) is 0 Å².